The van der Waals surface area contributed by atoms with E-state index in [0.717, 1.165) is 24.3 Å². The van der Waals surface area contributed by atoms with Gasteiger partial charge in [-0.1, -0.05) is 42.6 Å². The van der Waals surface area contributed by atoms with Gasteiger partial charge in [0.1, 0.15) is 0 Å². The van der Waals surface area contributed by atoms with Crippen molar-refractivity contribution in [2.75, 3.05) is 0 Å². The summed E-state index contributed by atoms with van der Waals surface area (Å²) < 4.78 is 0. The van der Waals surface area contributed by atoms with Gasteiger partial charge in [-0.3, -0.25) is 0 Å². The number of benzene rings is 1. The van der Waals surface area contributed by atoms with Gasteiger partial charge in [-0.25, -0.2) is 0 Å². The van der Waals surface area contributed by atoms with Crippen molar-refractivity contribution >= 4 is 11.6 Å². The zero-order valence-electron chi connectivity index (χ0n) is 8.82. The van der Waals surface area contributed by atoms with Crippen LogP contribution >= 0.6 is 11.6 Å². The summed E-state index contributed by atoms with van der Waals surface area (Å²) in [4.78, 5) is 0. The topological polar surface area (TPSA) is 20.2 Å². The molecule has 2 atom stereocenters. The Hall–Kier alpha value is -0.530. The van der Waals surface area contributed by atoms with Crippen molar-refractivity contribution in [2.45, 2.75) is 38.2 Å². The molecule has 1 aromatic carbocycles. The molecule has 1 aliphatic rings. The van der Waals surface area contributed by atoms with Gasteiger partial charge in [0.2, 0.25) is 0 Å². The summed E-state index contributed by atoms with van der Waals surface area (Å²) in [7, 11) is 0. The maximum absolute atomic E-state index is 9.88. The summed E-state index contributed by atoms with van der Waals surface area (Å²) in [6.45, 7) is 0. The zero-order chi connectivity index (χ0) is 10.7. The molecule has 1 aromatic rings. The van der Waals surface area contributed by atoms with Gasteiger partial charge >= 0.3 is 0 Å². The summed E-state index contributed by atoms with van der Waals surface area (Å²) in [6, 6.07) is 7.94. The molecular weight excluding hydrogens is 208 g/mol. The molecule has 2 heteroatoms. The van der Waals surface area contributed by atoms with E-state index in [1.165, 1.54) is 18.4 Å². The van der Waals surface area contributed by atoms with Crippen molar-refractivity contribution in [2.24, 2.45) is 5.92 Å². The first-order valence-electron chi connectivity index (χ1n) is 5.69. The van der Waals surface area contributed by atoms with Crippen molar-refractivity contribution in [3.05, 3.63) is 34.9 Å². The molecule has 0 aliphatic heterocycles. The van der Waals surface area contributed by atoms with Gasteiger partial charge in [-0.05, 0) is 36.8 Å². The highest BCUT2D eigenvalue weighted by Crippen LogP contribution is 2.29. The molecule has 2 rings (SSSR count). The van der Waals surface area contributed by atoms with E-state index in [-0.39, 0.29) is 6.10 Å². The first-order chi connectivity index (χ1) is 7.27. The van der Waals surface area contributed by atoms with Crippen LogP contribution in [-0.4, -0.2) is 11.2 Å². The third kappa shape index (κ3) is 2.73. The fraction of sp³-hybridized carbons (Fsp3) is 0.538. The van der Waals surface area contributed by atoms with Crippen molar-refractivity contribution in [3.63, 3.8) is 0 Å². The lowest BCUT2D eigenvalue weighted by Crippen LogP contribution is -2.26. The fourth-order valence-corrected chi connectivity index (χ4v) is 2.59. The molecule has 0 spiro atoms. The summed E-state index contributed by atoms with van der Waals surface area (Å²) in [6.07, 6.45) is 5.28. The van der Waals surface area contributed by atoms with E-state index >= 15 is 0 Å². The molecule has 0 amide bonds. The van der Waals surface area contributed by atoms with E-state index in [2.05, 4.69) is 6.07 Å². The van der Waals surface area contributed by atoms with Gasteiger partial charge in [0.05, 0.1) is 6.10 Å². The highest BCUT2D eigenvalue weighted by Gasteiger charge is 2.23. The monoisotopic (exact) mass is 224 g/mol. The molecule has 1 nitrogen and oxygen atoms in total. The molecular formula is C13H17ClO. The molecule has 82 valence electrons. The van der Waals surface area contributed by atoms with Crippen LogP contribution in [-0.2, 0) is 6.42 Å². The standard InChI is InChI=1S/C13H17ClO/c14-12-7-3-1-5-10(12)9-11-6-2-4-8-13(11)15/h1,3,5,7,11,13,15H,2,4,6,8-9H2. The molecule has 1 N–H and O–H groups in total. The molecule has 15 heavy (non-hydrogen) atoms. The molecule has 1 fully saturated rings. The van der Waals surface area contributed by atoms with Crippen LogP contribution in [0.1, 0.15) is 31.2 Å². The van der Waals surface area contributed by atoms with Gasteiger partial charge in [0, 0.05) is 5.02 Å². The fourth-order valence-electron chi connectivity index (χ4n) is 2.37. The maximum Gasteiger partial charge on any atom is 0.0571 e. The van der Waals surface area contributed by atoms with Crippen LogP contribution in [0.15, 0.2) is 24.3 Å². The normalized spacial score (nSPS) is 26.5. The Morgan fingerprint density at radius 2 is 1.93 bits per heavy atom. The second-order valence-electron chi connectivity index (χ2n) is 4.41. The van der Waals surface area contributed by atoms with Gasteiger partial charge in [0.15, 0.2) is 0 Å². The van der Waals surface area contributed by atoms with Crippen molar-refractivity contribution in [3.8, 4) is 0 Å². The van der Waals surface area contributed by atoms with Crippen molar-refractivity contribution in [1.82, 2.24) is 0 Å². The first kappa shape index (κ1) is 11.0. The molecule has 0 heterocycles. The third-order valence-electron chi connectivity index (χ3n) is 3.31. The van der Waals surface area contributed by atoms with Gasteiger partial charge in [-0.15, -0.1) is 0 Å². The van der Waals surface area contributed by atoms with Crippen LogP contribution < -0.4 is 0 Å². The number of aliphatic hydroxyl groups is 1. The summed E-state index contributed by atoms with van der Waals surface area (Å²) in [5.41, 5.74) is 1.17. The lowest BCUT2D eigenvalue weighted by Gasteiger charge is -2.27. The van der Waals surface area contributed by atoms with E-state index in [1.807, 2.05) is 18.2 Å². The predicted molar refractivity (Wildman–Crippen MR) is 63.1 cm³/mol. The van der Waals surface area contributed by atoms with Crippen LogP contribution in [0.4, 0.5) is 0 Å². The molecule has 2 unspecified atom stereocenters. The zero-order valence-corrected chi connectivity index (χ0v) is 9.58. The van der Waals surface area contributed by atoms with E-state index in [1.54, 1.807) is 0 Å². The summed E-state index contributed by atoms with van der Waals surface area (Å²) in [5.74, 6) is 0.402. The average Bonchev–Trinajstić information content (AvgIpc) is 2.24. The van der Waals surface area contributed by atoms with Crippen LogP contribution in [0.3, 0.4) is 0 Å². The third-order valence-corrected chi connectivity index (χ3v) is 3.68. The van der Waals surface area contributed by atoms with Crippen LogP contribution in [0.25, 0.3) is 0 Å². The highest BCUT2D eigenvalue weighted by molar-refractivity contribution is 6.31. The van der Waals surface area contributed by atoms with E-state index in [4.69, 9.17) is 11.6 Å². The second-order valence-corrected chi connectivity index (χ2v) is 4.81. The SMILES string of the molecule is OC1CCCCC1Cc1ccccc1Cl. The summed E-state index contributed by atoms with van der Waals surface area (Å²) >= 11 is 6.11. The van der Waals surface area contributed by atoms with Gasteiger partial charge < -0.3 is 5.11 Å². The van der Waals surface area contributed by atoms with Gasteiger partial charge in [-0.2, -0.15) is 0 Å². The molecule has 0 aromatic heterocycles. The highest BCUT2D eigenvalue weighted by atomic mass is 35.5. The second kappa shape index (κ2) is 5.00. The molecule has 0 saturated heterocycles. The molecule has 0 radical (unpaired) electrons. The quantitative estimate of drug-likeness (QED) is 0.816. The Labute approximate surface area is 96.1 Å². The lowest BCUT2D eigenvalue weighted by molar-refractivity contribution is 0.0700. The minimum atomic E-state index is -0.130. The smallest absolute Gasteiger partial charge is 0.0571 e. The van der Waals surface area contributed by atoms with Crippen LogP contribution in [0.2, 0.25) is 5.02 Å². The Kier molecular flexibility index (Phi) is 3.66. The lowest BCUT2D eigenvalue weighted by atomic mass is 9.82. The minimum absolute atomic E-state index is 0.130. The van der Waals surface area contributed by atoms with E-state index < -0.39 is 0 Å². The first-order valence-corrected chi connectivity index (χ1v) is 6.06. The largest absolute Gasteiger partial charge is 0.393 e. The molecule has 1 aliphatic carbocycles. The Balaban J connectivity index is 2.04. The average molecular weight is 225 g/mol. The van der Waals surface area contributed by atoms with Crippen molar-refractivity contribution in [1.29, 1.82) is 0 Å². The van der Waals surface area contributed by atoms with Crippen LogP contribution in [0, 0.1) is 5.92 Å². The molecule has 0 bridgehead atoms. The number of aliphatic hydroxyl groups excluding tert-OH is 1. The number of hydrogen-bond donors (Lipinski definition) is 1. The molecule has 1 saturated carbocycles. The van der Waals surface area contributed by atoms with Crippen LogP contribution in [0.5, 0.6) is 0 Å². The minimum Gasteiger partial charge on any atom is -0.393 e. The number of hydrogen-bond acceptors (Lipinski definition) is 1. The van der Waals surface area contributed by atoms with Crippen molar-refractivity contribution < 1.29 is 5.11 Å². The van der Waals surface area contributed by atoms with Gasteiger partial charge in [0.25, 0.3) is 0 Å². The van der Waals surface area contributed by atoms with E-state index in [9.17, 15) is 5.11 Å². The number of halogens is 1. The summed E-state index contributed by atoms with van der Waals surface area (Å²) in [5, 5.41) is 10.7. The Bertz CT molecular complexity index is 324. The Morgan fingerprint density at radius 1 is 1.20 bits per heavy atom. The maximum atomic E-state index is 9.88. The predicted octanol–water partition coefficient (Wildman–Crippen LogP) is 3.43. The van der Waals surface area contributed by atoms with E-state index in [0.29, 0.717) is 5.92 Å². The Morgan fingerprint density at radius 3 is 2.67 bits per heavy atom. The number of rotatable bonds is 2.